The minimum atomic E-state index is -0.859. The lowest BCUT2D eigenvalue weighted by Gasteiger charge is -2.25. The van der Waals surface area contributed by atoms with Gasteiger partial charge in [0.2, 0.25) is 11.9 Å². The number of hydrogen-bond acceptors (Lipinski definition) is 7. The summed E-state index contributed by atoms with van der Waals surface area (Å²) in [6, 6.07) is 1.76. The molecule has 2 aromatic rings. The molecule has 8 heteroatoms. The predicted octanol–water partition coefficient (Wildman–Crippen LogP) is -0.153. The molecule has 19 heavy (non-hydrogen) atoms. The fraction of sp³-hybridized carbons (Fsp3) is 0.455. The predicted molar refractivity (Wildman–Crippen MR) is 70.9 cm³/mol. The zero-order chi connectivity index (χ0) is 14.0. The van der Waals surface area contributed by atoms with Crippen LogP contribution in [0.5, 0.6) is 0 Å². The van der Waals surface area contributed by atoms with Crippen LogP contribution >= 0.6 is 0 Å². The number of nitrogen functional groups attached to an aromatic ring is 1. The molecule has 0 amide bonds. The van der Waals surface area contributed by atoms with Gasteiger partial charge in [-0.2, -0.15) is 20.1 Å². The summed E-state index contributed by atoms with van der Waals surface area (Å²) in [7, 11) is 1.78. The van der Waals surface area contributed by atoms with Crippen LogP contribution in [0.2, 0.25) is 0 Å². The van der Waals surface area contributed by atoms with Crippen LogP contribution in [-0.2, 0) is 0 Å². The fourth-order valence-corrected chi connectivity index (χ4v) is 1.68. The van der Waals surface area contributed by atoms with Crippen LogP contribution in [0.3, 0.4) is 0 Å². The number of aliphatic hydroxyl groups is 1. The largest absolute Gasteiger partial charge is 0.389 e. The Morgan fingerprint density at radius 1 is 1.37 bits per heavy atom. The lowest BCUT2D eigenvalue weighted by Crippen LogP contribution is -2.37. The minimum Gasteiger partial charge on any atom is -0.389 e. The Balaban J connectivity index is 2.32. The van der Waals surface area contributed by atoms with Crippen molar-refractivity contribution in [1.82, 2.24) is 24.7 Å². The highest BCUT2D eigenvalue weighted by Crippen LogP contribution is 2.13. The first-order valence-corrected chi connectivity index (χ1v) is 5.80. The summed E-state index contributed by atoms with van der Waals surface area (Å²) in [6.07, 6.45) is 3.34. The van der Waals surface area contributed by atoms with Gasteiger partial charge in [0.15, 0.2) is 0 Å². The van der Waals surface area contributed by atoms with E-state index in [0.29, 0.717) is 18.4 Å². The zero-order valence-corrected chi connectivity index (χ0v) is 11.1. The normalized spacial score (nSPS) is 11.6. The second-order valence-corrected chi connectivity index (χ2v) is 4.91. The van der Waals surface area contributed by atoms with Gasteiger partial charge in [-0.05, 0) is 19.9 Å². The first-order valence-electron chi connectivity index (χ1n) is 5.80. The minimum absolute atomic E-state index is 0.109. The number of nitrogens with two attached hydrogens (primary N) is 1. The monoisotopic (exact) mass is 263 g/mol. The van der Waals surface area contributed by atoms with Gasteiger partial charge in [-0.1, -0.05) is 0 Å². The van der Waals surface area contributed by atoms with Crippen LogP contribution in [-0.4, -0.2) is 49.0 Å². The molecule has 0 bridgehead atoms. The average molecular weight is 263 g/mol. The highest BCUT2D eigenvalue weighted by atomic mass is 16.3. The van der Waals surface area contributed by atoms with Crippen molar-refractivity contribution in [3.8, 4) is 5.95 Å². The molecule has 0 saturated carbocycles. The third-order valence-corrected chi connectivity index (χ3v) is 2.30. The molecule has 0 aliphatic heterocycles. The molecule has 2 rings (SSSR count). The van der Waals surface area contributed by atoms with E-state index in [1.807, 2.05) is 0 Å². The van der Waals surface area contributed by atoms with Gasteiger partial charge in [0.1, 0.15) is 0 Å². The lowest BCUT2D eigenvalue weighted by atomic mass is 10.1. The summed E-state index contributed by atoms with van der Waals surface area (Å²) in [6.45, 7) is 3.79. The molecule has 2 aromatic heterocycles. The first-order chi connectivity index (χ1) is 8.85. The summed E-state index contributed by atoms with van der Waals surface area (Å²) < 4.78 is 1.50. The van der Waals surface area contributed by atoms with Gasteiger partial charge in [0.25, 0.3) is 5.95 Å². The van der Waals surface area contributed by atoms with Crippen molar-refractivity contribution in [2.24, 2.45) is 0 Å². The van der Waals surface area contributed by atoms with Crippen LogP contribution in [0.25, 0.3) is 5.95 Å². The summed E-state index contributed by atoms with van der Waals surface area (Å²) in [4.78, 5) is 14.1. The van der Waals surface area contributed by atoms with Crippen molar-refractivity contribution in [1.29, 1.82) is 0 Å². The van der Waals surface area contributed by atoms with Gasteiger partial charge in [-0.25, -0.2) is 4.68 Å². The van der Waals surface area contributed by atoms with E-state index < -0.39 is 5.60 Å². The van der Waals surface area contributed by atoms with E-state index in [4.69, 9.17) is 5.73 Å². The van der Waals surface area contributed by atoms with E-state index in [1.54, 1.807) is 44.3 Å². The molecule has 102 valence electrons. The summed E-state index contributed by atoms with van der Waals surface area (Å²) in [5, 5.41) is 13.9. The van der Waals surface area contributed by atoms with Crippen molar-refractivity contribution < 1.29 is 5.11 Å². The molecule has 0 saturated heterocycles. The van der Waals surface area contributed by atoms with Crippen LogP contribution in [0.15, 0.2) is 18.5 Å². The maximum atomic E-state index is 9.81. The highest BCUT2D eigenvalue weighted by molar-refractivity contribution is 5.37. The van der Waals surface area contributed by atoms with E-state index in [0.717, 1.165) is 0 Å². The Hall–Kier alpha value is -2.22. The summed E-state index contributed by atoms with van der Waals surface area (Å²) in [5.41, 5.74) is 4.82. The first kappa shape index (κ1) is 13.2. The van der Waals surface area contributed by atoms with Gasteiger partial charge in [-0.15, -0.1) is 0 Å². The SMILES string of the molecule is CN(CC(C)(C)O)c1nc(N)nc(-n2cccn2)n1. The lowest BCUT2D eigenvalue weighted by molar-refractivity contribution is 0.0882. The van der Waals surface area contributed by atoms with E-state index in [9.17, 15) is 5.11 Å². The second-order valence-electron chi connectivity index (χ2n) is 4.91. The molecule has 0 atom stereocenters. The third kappa shape index (κ3) is 3.38. The van der Waals surface area contributed by atoms with Gasteiger partial charge in [0.05, 0.1) is 5.60 Å². The van der Waals surface area contributed by atoms with Gasteiger partial charge in [0, 0.05) is 26.0 Å². The molecular formula is C11H17N7O. The van der Waals surface area contributed by atoms with Crippen LogP contribution in [0.4, 0.5) is 11.9 Å². The van der Waals surface area contributed by atoms with Crippen molar-refractivity contribution >= 4 is 11.9 Å². The molecule has 8 nitrogen and oxygen atoms in total. The Morgan fingerprint density at radius 2 is 2.11 bits per heavy atom. The van der Waals surface area contributed by atoms with Gasteiger partial charge in [-0.3, -0.25) is 0 Å². The zero-order valence-electron chi connectivity index (χ0n) is 11.1. The number of anilines is 2. The fourth-order valence-electron chi connectivity index (χ4n) is 1.68. The highest BCUT2D eigenvalue weighted by Gasteiger charge is 2.18. The Morgan fingerprint density at radius 3 is 2.68 bits per heavy atom. The maximum Gasteiger partial charge on any atom is 0.257 e. The van der Waals surface area contributed by atoms with E-state index >= 15 is 0 Å². The Labute approximate surface area is 110 Å². The summed E-state index contributed by atoms with van der Waals surface area (Å²) in [5.74, 6) is 0.841. The van der Waals surface area contributed by atoms with E-state index in [2.05, 4.69) is 20.1 Å². The van der Waals surface area contributed by atoms with Crippen molar-refractivity contribution in [3.05, 3.63) is 18.5 Å². The Bertz CT molecular complexity index is 547. The molecule has 0 radical (unpaired) electrons. The molecule has 0 aromatic carbocycles. The van der Waals surface area contributed by atoms with Gasteiger partial charge >= 0.3 is 0 Å². The molecule has 3 N–H and O–H groups in total. The van der Waals surface area contributed by atoms with E-state index in [1.165, 1.54) is 4.68 Å². The number of hydrogen-bond donors (Lipinski definition) is 2. The quantitative estimate of drug-likeness (QED) is 0.789. The molecule has 0 fully saturated rings. The molecule has 0 unspecified atom stereocenters. The van der Waals surface area contributed by atoms with Crippen molar-refractivity contribution in [3.63, 3.8) is 0 Å². The van der Waals surface area contributed by atoms with Crippen LogP contribution in [0.1, 0.15) is 13.8 Å². The number of rotatable bonds is 4. The number of aromatic nitrogens is 5. The molecule has 0 aliphatic carbocycles. The second kappa shape index (κ2) is 4.81. The number of likely N-dealkylation sites (N-methyl/N-ethyl adjacent to an activating group) is 1. The molecule has 0 spiro atoms. The standard InChI is InChI=1S/C11H17N7O/c1-11(2,19)7-17(3)9-14-8(12)15-10(16-9)18-6-4-5-13-18/h4-6,19H,7H2,1-3H3,(H2,12,14,15,16). The van der Waals surface area contributed by atoms with Crippen LogP contribution in [0, 0.1) is 0 Å². The van der Waals surface area contributed by atoms with E-state index in [-0.39, 0.29) is 5.95 Å². The van der Waals surface area contributed by atoms with Gasteiger partial charge < -0.3 is 15.7 Å². The maximum absolute atomic E-state index is 9.81. The van der Waals surface area contributed by atoms with Crippen molar-refractivity contribution in [2.45, 2.75) is 19.4 Å². The molecule has 0 aliphatic rings. The molecule has 2 heterocycles. The topological polar surface area (TPSA) is 106 Å². The number of nitrogens with zero attached hydrogens (tertiary/aromatic N) is 6. The third-order valence-electron chi connectivity index (χ3n) is 2.30. The molecular weight excluding hydrogens is 246 g/mol. The van der Waals surface area contributed by atoms with Crippen molar-refractivity contribution in [2.75, 3.05) is 24.2 Å². The smallest absolute Gasteiger partial charge is 0.257 e. The summed E-state index contributed by atoms with van der Waals surface area (Å²) >= 11 is 0. The van der Waals surface area contributed by atoms with Crippen LogP contribution < -0.4 is 10.6 Å². The Kier molecular flexibility index (Phi) is 3.34. The average Bonchev–Trinajstić information content (AvgIpc) is 2.79.